The van der Waals surface area contributed by atoms with Crippen LogP contribution in [-0.4, -0.2) is 12.5 Å². The summed E-state index contributed by atoms with van der Waals surface area (Å²) in [6, 6.07) is 5.22. The first-order valence-electron chi connectivity index (χ1n) is 5.58. The summed E-state index contributed by atoms with van der Waals surface area (Å²) in [6.45, 7) is 1.89. The summed E-state index contributed by atoms with van der Waals surface area (Å²) in [7, 11) is 0. The largest absolute Gasteiger partial charge is 0.461 e. The van der Waals surface area contributed by atoms with Crippen LogP contribution in [0.3, 0.4) is 0 Å². The molecule has 2 N–H and O–H groups in total. The fourth-order valence-electron chi connectivity index (χ4n) is 1.54. The fraction of sp³-hybridized carbons (Fsp3) is 0.500. The number of nitrogens with two attached hydrogens (primary N) is 1. The average molecular weight is 265 g/mol. The van der Waals surface area contributed by atoms with E-state index in [4.69, 9.17) is 5.73 Å². The highest BCUT2D eigenvalue weighted by Crippen LogP contribution is 2.32. The van der Waals surface area contributed by atoms with Gasteiger partial charge in [-0.25, -0.2) is 0 Å². The molecule has 1 atom stereocenters. The minimum Gasteiger partial charge on any atom is -0.428 e. The lowest BCUT2D eigenvalue weighted by Crippen LogP contribution is -2.34. The number of alkyl halides is 4. The maximum absolute atomic E-state index is 12.8. The van der Waals surface area contributed by atoms with Crippen LogP contribution in [0, 0.1) is 0 Å². The zero-order valence-corrected chi connectivity index (χ0v) is 9.88. The maximum atomic E-state index is 12.8. The molecule has 102 valence electrons. The van der Waals surface area contributed by atoms with Gasteiger partial charge >= 0.3 is 12.5 Å². The van der Waals surface area contributed by atoms with Crippen LogP contribution in [0.25, 0.3) is 0 Å². The van der Waals surface area contributed by atoms with Crippen molar-refractivity contribution in [3.63, 3.8) is 0 Å². The number of hydrogen-bond donors (Lipinski definition) is 1. The van der Waals surface area contributed by atoms with Crippen molar-refractivity contribution in [2.75, 3.05) is 0 Å². The monoisotopic (exact) mass is 265 g/mol. The summed E-state index contributed by atoms with van der Waals surface area (Å²) in [5.41, 5.74) is 6.09. The first-order valence-corrected chi connectivity index (χ1v) is 5.58. The van der Waals surface area contributed by atoms with E-state index in [-0.39, 0.29) is 5.75 Å². The third kappa shape index (κ3) is 3.60. The van der Waals surface area contributed by atoms with Gasteiger partial charge in [0.2, 0.25) is 0 Å². The second-order valence-electron chi connectivity index (χ2n) is 3.90. The normalized spacial score (nSPS) is 13.7. The second-order valence-corrected chi connectivity index (χ2v) is 3.90. The summed E-state index contributed by atoms with van der Waals surface area (Å²) in [5.74, 6) is -0.302. The van der Waals surface area contributed by atoms with Crippen LogP contribution >= 0.6 is 0 Å². The molecule has 0 aliphatic rings. The fourth-order valence-corrected chi connectivity index (χ4v) is 1.54. The van der Waals surface area contributed by atoms with Crippen molar-refractivity contribution in [3.8, 4) is 5.75 Å². The quantitative estimate of drug-likeness (QED) is 0.795. The van der Waals surface area contributed by atoms with Gasteiger partial charge < -0.3 is 10.5 Å². The number of rotatable bonds is 6. The van der Waals surface area contributed by atoms with Gasteiger partial charge in [0.05, 0.1) is 0 Å². The molecule has 0 radical (unpaired) electrons. The lowest BCUT2D eigenvalue weighted by atomic mass is 10.0. The Morgan fingerprint density at radius 2 is 1.89 bits per heavy atom. The summed E-state index contributed by atoms with van der Waals surface area (Å²) in [6.07, 6.45) is -7.09. The first-order chi connectivity index (χ1) is 8.38. The number of halogens is 4. The third-order valence-corrected chi connectivity index (χ3v) is 2.42. The molecule has 2 nitrogen and oxygen atoms in total. The third-order valence-electron chi connectivity index (χ3n) is 2.42. The van der Waals surface area contributed by atoms with Crippen molar-refractivity contribution < 1.29 is 22.3 Å². The minimum absolute atomic E-state index is 0.302. The van der Waals surface area contributed by atoms with E-state index >= 15 is 0 Å². The van der Waals surface area contributed by atoms with Gasteiger partial charge in [0.1, 0.15) is 5.75 Å². The Morgan fingerprint density at radius 1 is 1.28 bits per heavy atom. The van der Waals surface area contributed by atoms with Crippen molar-refractivity contribution in [3.05, 3.63) is 29.8 Å². The molecule has 6 heteroatoms. The molecule has 1 aromatic carbocycles. The highest BCUT2D eigenvalue weighted by atomic mass is 19.3. The first kappa shape index (κ1) is 14.8. The predicted molar refractivity (Wildman–Crippen MR) is 59.9 cm³/mol. The lowest BCUT2D eigenvalue weighted by Gasteiger charge is -2.21. The summed E-state index contributed by atoms with van der Waals surface area (Å²) < 4.78 is 53.9. The Hall–Kier alpha value is -1.30. The van der Waals surface area contributed by atoms with Crippen molar-refractivity contribution in [1.82, 2.24) is 0 Å². The Kier molecular flexibility index (Phi) is 4.95. The van der Waals surface area contributed by atoms with E-state index in [1.807, 2.05) is 6.92 Å². The van der Waals surface area contributed by atoms with Gasteiger partial charge in [0.25, 0.3) is 0 Å². The molecule has 0 heterocycles. The van der Waals surface area contributed by atoms with Crippen LogP contribution in [0.15, 0.2) is 24.3 Å². The molecule has 0 fully saturated rings. The number of hydrogen-bond acceptors (Lipinski definition) is 2. The molecule has 18 heavy (non-hydrogen) atoms. The molecular weight excluding hydrogens is 250 g/mol. The zero-order valence-electron chi connectivity index (χ0n) is 9.88. The predicted octanol–water partition coefficient (Wildman–Crippen LogP) is 3.72. The number of ether oxygens (including phenoxy) is 1. The Morgan fingerprint density at radius 3 is 2.44 bits per heavy atom. The van der Waals surface area contributed by atoms with E-state index in [1.165, 1.54) is 18.2 Å². The molecule has 0 amide bonds. The zero-order chi connectivity index (χ0) is 13.8. The highest BCUT2D eigenvalue weighted by Gasteiger charge is 2.44. The minimum atomic E-state index is -4.51. The van der Waals surface area contributed by atoms with E-state index in [2.05, 4.69) is 4.74 Å². The van der Waals surface area contributed by atoms with Crippen LogP contribution in [0.5, 0.6) is 5.75 Å². The topological polar surface area (TPSA) is 35.2 Å². The van der Waals surface area contributed by atoms with E-state index in [0.717, 1.165) is 6.42 Å². The van der Waals surface area contributed by atoms with Crippen LogP contribution < -0.4 is 10.5 Å². The Balaban J connectivity index is 2.95. The molecule has 0 spiro atoms. The van der Waals surface area contributed by atoms with Crippen molar-refractivity contribution in [1.29, 1.82) is 0 Å². The maximum Gasteiger partial charge on any atom is 0.461 e. The van der Waals surface area contributed by atoms with Crippen LogP contribution in [0.2, 0.25) is 0 Å². The molecular formula is C12H15F4NO. The smallest absolute Gasteiger partial charge is 0.428 e. The van der Waals surface area contributed by atoms with E-state index in [0.29, 0.717) is 12.0 Å². The molecule has 0 saturated carbocycles. The van der Waals surface area contributed by atoms with Crippen LogP contribution in [-0.2, 0) is 0 Å². The summed E-state index contributed by atoms with van der Waals surface area (Å²) >= 11 is 0. The van der Waals surface area contributed by atoms with Crippen LogP contribution in [0.1, 0.15) is 31.4 Å². The van der Waals surface area contributed by atoms with Crippen molar-refractivity contribution in [2.45, 2.75) is 38.3 Å². The van der Waals surface area contributed by atoms with Gasteiger partial charge in [0.15, 0.2) is 0 Å². The molecule has 0 saturated heterocycles. The molecule has 1 rings (SSSR count). The molecule has 0 aromatic heterocycles. The van der Waals surface area contributed by atoms with Gasteiger partial charge in [0, 0.05) is 11.6 Å². The number of benzene rings is 1. The SMILES string of the molecule is CCC[C@@H](N)c1ccccc1OC(F)(F)C(F)F. The molecule has 0 aliphatic carbocycles. The lowest BCUT2D eigenvalue weighted by molar-refractivity contribution is -0.253. The van der Waals surface area contributed by atoms with E-state index < -0.39 is 18.6 Å². The number of para-hydroxylation sites is 1. The molecule has 1 aromatic rings. The van der Waals surface area contributed by atoms with Gasteiger partial charge in [-0.3, -0.25) is 0 Å². The standard InChI is InChI=1S/C12H15F4NO/c1-2-5-9(17)8-6-3-4-7-10(8)18-12(15,16)11(13)14/h3-4,6-7,9,11H,2,5,17H2,1H3/t9-/m1/s1. The van der Waals surface area contributed by atoms with Gasteiger partial charge in [-0.15, -0.1) is 0 Å². The Bertz CT molecular complexity index is 384. The van der Waals surface area contributed by atoms with Gasteiger partial charge in [-0.2, -0.15) is 17.6 Å². The average Bonchev–Trinajstić information content (AvgIpc) is 2.29. The highest BCUT2D eigenvalue weighted by molar-refractivity contribution is 5.36. The molecule has 0 unspecified atom stereocenters. The van der Waals surface area contributed by atoms with E-state index in [1.54, 1.807) is 6.07 Å². The van der Waals surface area contributed by atoms with Crippen LogP contribution in [0.4, 0.5) is 17.6 Å². The Labute approximate surface area is 103 Å². The van der Waals surface area contributed by atoms with Gasteiger partial charge in [-0.1, -0.05) is 31.5 Å². The second kappa shape index (κ2) is 6.04. The van der Waals surface area contributed by atoms with Crippen molar-refractivity contribution in [2.24, 2.45) is 5.73 Å². The van der Waals surface area contributed by atoms with Gasteiger partial charge in [-0.05, 0) is 12.5 Å². The summed E-state index contributed by atoms with van der Waals surface area (Å²) in [4.78, 5) is 0. The molecule has 0 bridgehead atoms. The van der Waals surface area contributed by atoms with Crippen molar-refractivity contribution >= 4 is 0 Å². The molecule has 0 aliphatic heterocycles. The summed E-state index contributed by atoms with van der Waals surface area (Å²) in [5, 5.41) is 0. The van der Waals surface area contributed by atoms with E-state index in [9.17, 15) is 17.6 Å².